The molecule has 0 N–H and O–H groups in total. The number of aromatic nitrogens is 1. The standard InChI is InChI=1S/C48H34N2/c1-5-14-35(15-6-1)38-24-27-42(28-25-38)49(41-21-11-4-12-22-41)44-29-31-46-45-30-26-40(37-18-9-3-10-19-37)33-47(45)50(48(46)34-44)43-23-13-20-39(32-43)36-16-7-2-8-17-36/h1-34H. The summed E-state index contributed by atoms with van der Waals surface area (Å²) in [7, 11) is 0. The Hall–Kier alpha value is -6.64. The van der Waals surface area contributed by atoms with E-state index in [4.69, 9.17) is 0 Å². The molecule has 0 aliphatic carbocycles. The normalized spacial score (nSPS) is 11.2. The first-order chi connectivity index (χ1) is 24.8. The predicted molar refractivity (Wildman–Crippen MR) is 212 cm³/mol. The third kappa shape index (κ3) is 5.43. The quantitative estimate of drug-likeness (QED) is 0.169. The van der Waals surface area contributed by atoms with E-state index in [-0.39, 0.29) is 0 Å². The summed E-state index contributed by atoms with van der Waals surface area (Å²) in [5.41, 5.74) is 14.0. The molecule has 2 heteroatoms. The van der Waals surface area contributed by atoms with Gasteiger partial charge in [0, 0.05) is 33.5 Å². The van der Waals surface area contributed by atoms with Gasteiger partial charge in [-0.2, -0.15) is 0 Å². The second kappa shape index (κ2) is 12.8. The van der Waals surface area contributed by atoms with Crippen molar-refractivity contribution in [1.29, 1.82) is 0 Å². The molecule has 0 saturated heterocycles. The van der Waals surface area contributed by atoms with Crippen molar-refractivity contribution >= 4 is 38.9 Å². The fraction of sp³-hybridized carbons (Fsp3) is 0. The topological polar surface area (TPSA) is 8.17 Å². The van der Waals surface area contributed by atoms with Crippen LogP contribution < -0.4 is 4.90 Å². The summed E-state index contributed by atoms with van der Waals surface area (Å²) in [6.07, 6.45) is 0. The first-order valence-corrected chi connectivity index (χ1v) is 17.1. The van der Waals surface area contributed by atoms with Crippen molar-refractivity contribution in [2.45, 2.75) is 0 Å². The van der Waals surface area contributed by atoms with Crippen molar-refractivity contribution in [2.75, 3.05) is 4.90 Å². The van der Waals surface area contributed by atoms with Gasteiger partial charge in [-0.25, -0.2) is 0 Å². The van der Waals surface area contributed by atoms with Crippen LogP contribution in [0.2, 0.25) is 0 Å². The van der Waals surface area contributed by atoms with Gasteiger partial charge in [0.15, 0.2) is 0 Å². The Balaban J connectivity index is 1.26. The highest BCUT2D eigenvalue weighted by molar-refractivity contribution is 6.11. The van der Waals surface area contributed by atoms with Crippen molar-refractivity contribution < 1.29 is 0 Å². The monoisotopic (exact) mass is 638 g/mol. The molecule has 0 fully saturated rings. The largest absolute Gasteiger partial charge is 0.310 e. The Bertz CT molecular complexity index is 2550. The summed E-state index contributed by atoms with van der Waals surface area (Å²) in [4.78, 5) is 2.35. The molecule has 236 valence electrons. The average Bonchev–Trinajstić information content (AvgIpc) is 3.53. The second-order valence-electron chi connectivity index (χ2n) is 12.6. The molecular formula is C48H34N2. The lowest BCUT2D eigenvalue weighted by molar-refractivity contribution is 1.18. The van der Waals surface area contributed by atoms with E-state index in [9.17, 15) is 0 Å². The van der Waals surface area contributed by atoms with Crippen LogP contribution in [-0.2, 0) is 0 Å². The van der Waals surface area contributed by atoms with Gasteiger partial charge < -0.3 is 9.47 Å². The number of anilines is 3. The highest BCUT2D eigenvalue weighted by Gasteiger charge is 2.18. The minimum absolute atomic E-state index is 1.10. The molecule has 2 nitrogen and oxygen atoms in total. The Morgan fingerprint density at radius 1 is 0.280 bits per heavy atom. The maximum atomic E-state index is 2.44. The van der Waals surface area contributed by atoms with E-state index in [0.717, 1.165) is 28.3 Å². The number of hydrogen-bond acceptors (Lipinski definition) is 1. The maximum Gasteiger partial charge on any atom is 0.0561 e. The van der Waals surface area contributed by atoms with Gasteiger partial charge in [-0.15, -0.1) is 0 Å². The maximum absolute atomic E-state index is 2.44. The zero-order valence-electron chi connectivity index (χ0n) is 27.5. The molecule has 9 aromatic rings. The van der Waals surface area contributed by atoms with E-state index in [1.165, 1.54) is 49.7 Å². The van der Waals surface area contributed by atoms with Crippen LogP contribution in [0.3, 0.4) is 0 Å². The van der Waals surface area contributed by atoms with E-state index in [0.29, 0.717) is 0 Å². The summed E-state index contributed by atoms with van der Waals surface area (Å²) in [5, 5.41) is 2.45. The van der Waals surface area contributed by atoms with Gasteiger partial charge >= 0.3 is 0 Å². The molecule has 0 amide bonds. The van der Waals surface area contributed by atoms with E-state index in [1.54, 1.807) is 0 Å². The minimum atomic E-state index is 1.10. The van der Waals surface area contributed by atoms with Gasteiger partial charge in [0.1, 0.15) is 0 Å². The summed E-state index contributed by atoms with van der Waals surface area (Å²) in [5.74, 6) is 0. The summed E-state index contributed by atoms with van der Waals surface area (Å²) < 4.78 is 2.44. The van der Waals surface area contributed by atoms with E-state index in [1.807, 2.05) is 0 Å². The lowest BCUT2D eigenvalue weighted by atomic mass is 10.0. The number of hydrogen-bond donors (Lipinski definition) is 0. The van der Waals surface area contributed by atoms with Gasteiger partial charge in [-0.05, 0) is 88.0 Å². The van der Waals surface area contributed by atoms with Crippen LogP contribution in [0.15, 0.2) is 206 Å². The van der Waals surface area contributed by atoms with Crippen molar-refractivity contribution in [2.24, 2.45) is 0 Å². The molecule has 9 rings (SSSR count). The number of para-hydroxylation sites is 1. The molecule has 0 bridgehead atoms. The van der Waals surface area contributed by atoms with Gasteiger partial charge in [-0.3, -0.25) is 0 Å². The van der Waals surface area contributed by atoms with Gasteiger partial charge in [0.2, 0.25) is 0 Å². The lowest BCUT2D eigenvalue weighted by Gasteiger charge is -2.26. The molecule has 0 radical (unpaired) electrons. The Kier molecular flexibility index (Phi) is 7.53. The van der Waals surface area contributed by atoms with Crippen LogP contribution in [0.25, 0.3) is 60.9 Å². The Morgan fingerprint density at radius 3 is 1.32 bits per heavy atom. The van der Waals surface area contributed by atoms with Gasteiger partial charge in [0.25, 0.3) is 0 Å². The predicted octanol–water partition coefficient (Wildman–Crippen LogP) is 13.3. The second-order valence-corrected chi connectivity index (χ2v) is 12.6. The first kappa shape index (κ1) is 29.5. The Morgan fingerprint density at radius 2 is 0.700 bits per heavy atom. The molecule has 0 aliphatic rings. The molecule has 0 unspecified atom stereocenters. The summed E-state index contributed by atoms with van der Waals surface area (Å²) >= 11 is 0. The first-order valence-electron chi connectivity index (χ1n) is 17.1. The highest BCUT2D eigenvalue weighted by Crippen LogP contribution is 2.41. The summed E-state index contributed by atoms with van der Waals surface area (Å²) in [6.45, 7) is 0. The van der Waals surface area contributed by atoms with E-state index < -0.39 is 0 Å². The van der Waals surface area contributed by atoms with E-state index >= 15 is 0 Å². The molecule has 0 aliphatic heterocycles. The number of fused-ring (bicyclic) bond motifs is 3. The smallest absolute Gasteiger partial charge is 0.0561 e. The van der Waals surface area contributed by atoms with Crippen molar-refractivity contribution in [1.82, 2.24) is 4.57 Å². The van der Waals surface area contributed by atoms with Crippen LogP contribution in [0.1, 0.15) is 0 Å². The summed E-state index contributed by atoms with van der Waals surface area (Å²) in [6, 6.07) is 74.1. The fourth-order valence-corrected chi connectivity index (χ4v) is 7.15. The van der Waals surface area contributed by atoms with Crippen LogP contribution in [0, 0.1) is 0 Å². The molecule has 0 atom stereocenters. The molecule has 0 spiro atoms. The van der Waals surface area contributed by atoms with Crippen LogP contribution in [-0.4, -0.2) is 4.57 Å². The average molecular weight is 639 g/mol. The SMILES string of the molecule is c1ccc(-c2ccc(N(c3ccccc3)c3ccc4c5ccc(-c6ccccc6)cc5n(-c5cccc(-c6ccccc6)c5)c4c3)cc2)cc1. The number of benzene rings is 8. The number of rotatable bonds is 7. The van der Waals surface area contributed by atoms with Crippen LogP contribution in [0.4, 0.5) is 17.1 Å². The van der Waals surface area contributed by atoms with Gasteiger partial charge in [-0.1, -0.05) is 152 Å². The Labute approximate surface area is 292 Å². The minimum Gasteiger partial charge on any atom is -0.310 e. The molecular weight excluding hydrogens is 605 g/mol. The third-order valence-electron chi connectivity index (χ3n) is 9.57. The van der Waals surface area contributed by atoms with Crippen LogP contribution >= 0.6 is 0 Å². The van der Waals surface area contributed by atoms with Crippen molar-refractivity contribution in [3.05, 3.63) is 206 Å². The van der Waals surface area contributed by atoms with Crippen molar-refractivity contribution in [3.63, 3.8) is 0 Å². The third-order valence-corrected chi connectivity index (χ3v) is 9.57. The fourth-order valence-electron chi connectivity index (χ4n) is 7.15. The number of nitrogens with zero attached hydrogens (tertiary/aromatic N) is 2. The molecule has 1 aromatic heterocycles. The van der Waals surface area contributed by atoms with Crippen LogP contribution in [0.5, 0.6) is 0 Å². The zero-order chi connectivity index (χ0) is 33.3. The zero-order valence-corrected chi connectivity index (χ0v) is 27.5. The van der Waals surface area contributed by atoms with Gasteiger partial charge in [0.05, 0.1) is 11.0 Å². The van der Waals surface area contributed by atoms with Crippen molar-refractivity contribution in [3.8, 4) is 39.1 Å². The lowest BCUT2D eigenvalue weighted by Crippen LogP contribution is -2.10. The molecule has 8 aromatic carbocycles. The molecule has 1 heterocycles. The van der Waals surface area contributed by atoms with E-state index in [2.05, 4.69) is 216 Å². The highest BCUT2D eigenvalue weighted by atomic mass is 15.1. The molecule has 0 saturated carbocycles. The molecule has 50 heavy (non-hydrogen) atoms.